The van der Waals surface area contributed by atoms with E-state index < -0.39 is 17.7 Å². The third kappa shape index (κ3) is 7.73. The second kappa shape index (κ2) is 12.7. The van der Waals surface area contributed by atoms with Gasteiger partial charge < -0.3 is 14.4 Å². The lowest BCUT2D eigenvalue weighted by atomic mass is 9.91. The minimum Gasteiger partial charge on any atom is -0.489 e. The van der Waals surface area contributed by atoms with E-state index in [1.165, 1.54) is 0 Å². The molecule has 7 nitrogen and oxygen atoms in total. The zero-order valence-corrected chi connectivity index (χ0v) is 24.4. The highest BCUT2D eigenvalue weighted by Gasteiger charge is 2.39. The first kappa shape index (κ1) is 29.5. The number of hydrogen-bond donors (Lipinski definition) is 0. The van der Waals surface area contributed by atoms with Crippen LogP contribution in [-0.4, -0.2) is 71.1 Å². The lowest BCUT2D eigenvalue weighted by molar-refractivity contribution is -0.136. The highest BCUT2D eigenvalue weighted by Crippen LogP contribution is 2.34. The van der Waals surface area contributed by atoms with Crippen molar-refractivity contribution in [2.75, 3.05) is 26.7 Å². The van der Waals surface area contributed by atoms with Crippen molar-refractivity contribution in [1.82, 2.24) is 14.7 Å². The van der Waals surface area contributed by atoms with E-state index in [1.807, 2.05) is 76.3 Å². The number of carbonyl (C=O) groups excluding carboxylic acids is 2. The molecule has 1 aliphatic rings. The Morgan fingerprint density at radius 1 is 1.00 bits per heavy atom. The van der Waals surface area contributed by atoms with Crippen molar-refractivity contribution >= 4 is 12.0 Å². The van der Waals surface area contributed by atoms with E-state index in [2.05, 4.69) is 32.6 Å². The Balaban J connectivity index is 1.85. The van der Waals surface area contributed by atoms with E-state index in [4.69, 9.17) is 9.47 Å². The molecule has 2 amide bonds. The largest absolute Gasteiger partial charge is 0.489 e. The Morgan fingerprint density at radius 3 is 2.26 bits per heavy atom. The molecule has 38 heavy (non-hydrogen) atoms. The molecule has 1 unspecified atom stereocenters. The molecule has 3 rings (SSSR count). The van der Waals surface area contributed by atoms with Gasteiger partial charge in [0.15, 0.2) is 0 Å². The van der Waals surface area contributed by atoms with Gasteiger partial charge in [0.05, 0.1) is 0 Å². The molecule has 0 saturated heterocycles. The number of carbonyl (C=O) groups is 2. The maximum Gasteiger partial charge on any atom is 0.411 e. The number of fused-ring (bicyclic) bond motifs is 1. The van der Waals surface area contributed by atoms with Crippen LogP contribution in [0.15, 0.2) is 48.5 Å². The second-order valence-electron chi connectivity index (χ2n) is 11.6. The van der Waals surface area contributed by atoms with Gasteiger partial charge in [-0.1, -0.05) is 36.4 Å². The van der Waals surface area contributed by atoms with Crippen molar-refractivity contribution in [1.29, 1.82) is 0 Å². The maximum atomic E-state index is 13.9. The van der Waals surface area contributed by atoms with E-state index in [1.54, 1.807) is 9.80 Å². The molecule has 1 atom stereocenters. The minimum atomic E-state index is -0.742. The van der Waals surface area contributed by atoms with Crippen molar-refractivity contribution in [2.24, 2.45) is 0 Å². The van der Waals surface area contributed by atoms with Gasteiger partial charge in [-0.05, 0) is 83.7 Å². The smallest absolute Gasteiger partial charge is 0.411 e. The van der Waals surface area contributed by atoms with Crippen LogP contribution in [0.2, 0.25) is 0 Å². The molecular weight excluding hydrogens is 478 g/mol. The number of nitrogens with zero attached hydrogens (tertiary/aromatic N) is 3. The average molecular weight is 524 g/mol. The molecule has 0 radical (unpaired) electrons. The Bertz CT molecular complexity index is 1070. The molecule has 1 heterocycles. The van der Waals surface area contributed by atoms with Gasteiger partial charge in [0.1, 0.15) is 24.0 Å². The van der Waals surface area contributed by atoms with Crippen LogP contribution in [0.4, 0.5) is 4.79 Å². The van der Waals surface area contributed by atoms with Gasteiger partial charge in [-0.15, -0.1) is 0 Å². The molecule has 0 bridgehead atoms. The predicted molar refractivity (Wildman–Crippen MR) is 151 cm³/mol. The molecule has 0 aliphatic carbocycles. The third-order valence-electron chi connectivity index (χ3n) is 6.85. The first-order chi connectivity index (χ1) is 17.9. The van der Waals surface area contributed by atoms with Crippen LogP contribution in [0.25, 0.3) is 0 Å². The highest BCUT2D eigenvalue weighted by atomic mass is 16.6. The van der Waals surface area contributed by atoms with Crippen molar-refractivity contribution in [2.45, 2.75) is 85.2 Å². The van der Waals surface area contributed by atoms with Crippen LogP contribution in [0.5, 0.6) is 5.75 Å². The van der Waals surface area contributed by atoms with E-state index >= 15 is 0 Å². The Kier molecular flexibility index (Phi) is 9.82. The quantitative estimate of drug-likeness (QED) is 0.423. The third-order valence-corrected chi connectivity index (χ3v) is 6.85. The van der Waals surface area contributed by atoms with Crippen molar-refractivity contribution in [3.05, 3.63) is 65.2 Å². The fourth-order valence-corrected chi connectivity index (χ4v) is 4.91. The van der Waals surface area contributed by atoms with E-state index in [0.717, 1.165) is 29.0 Å². The number of rotatable bonds is 9. The van der Waals surface area contributed by atoms with Gasteiger partial charge in [-0.25, -0.2) is 4.79 Å². The summed E-state index contributed by atoms with van der Waals surface area (Å²) < 4.78 is 11.8. The van der Waals surface area contributed by atoms with Gasteiger partial charge in [-0.3, -0.25) is 14.6 Å². The first-order valence-electron chi connectivity index (χ1n) is 13.7. The summed E-state index contributed by atoms with van der Waals surface area (Å²) in [5.41, 5.74) is 2.29. The average Bonchev–Trinajstić information content (AvgIpc) is 2.85. The standard InChI is InChI=1S/C31H45N3O4/c1-22(2)33(23(3)4)19-18-32(8)29(35)28-27-15-14-26(37-21-24-12-10-9-11-13-24)20-25(27)16-17-34(28)30(36)38-31(5,6)7/h9-15,20,22-23,28H,16-19,21H2,1-8H3. The number of benzene rings is 2. The molecule has 0 aromatic heterocycles. The number of amides is 2. The summed E-state index contributed by atoms with van der Waals surface area (Å²) in [5.74, 6) is 0.643. The Hall–Kier alpha value is -3.06. The van der Waals surface area contributed by atoms with Gasteiger partial charge in [0.2, 0.25) is 5.91 Å². The molecule has 0 spiro atoms. The van der Waals surface area contributed by atoms with Crippen molar-refractivity contribution in [3.8, 4) is 5.75 Å². The molecule has 0 fully saturated rings. The lowest BCUT2D eigenvalue weighted by Crippen LogP contribution is -2.50. The summed E-state index contributed by atoms with van der Waals surface area (Å²) >= 11 is 0. The molecule has 208 valence electrons. The normalized spacial score (nSPS) is 15.6. The zero-order chi connectivity index (χ0) is 28.0. The number of likely N-dealkylation sites (N-methyl/N-ethyl adjacent to an activating group) is 1. The summed E-state index contributed by atoms with van der Waals surface area (Å²) in [5, 5.41) is 0. The van der Waals surface area contributed by atoms with E-state index in [0.29, 0.717) is 38.2 Å². The van der Waals surface area contributed by atoms with Gasteiger partial charge >= 0.3 is 6.09 Å². The molecule has 7 heteroatoms. The second-order valence-corrected chi connectivity index (χ2v) is 11.6. The Morgan fingerprint density at radius 2 is 1.66 bits per heavy atom. The van der Waals surface area contributed by atoms with Gasteiger partial charge in [0, 0.05) is 38.8 Å². The molecule has 2 aromatic carbocycles. The van der Waals surface area contributed by atoms with Gasteiger partial charge in [0.25, 0.3) is 0 Å². The first-order valence-corrected chi connectivity index (χ1v) is 13.7. The summed E-state index contributed by atoms with van der Waals surface area (Å²) in [6.07, 6.45) is 0.157. The van der Waals surface area contributed by atoms with Crippen LogP contribution in [-0.2, 0) is 22.6 Å². The minimum absolute atomic E-state index is 0.109. The predicted octanol–water partition coefficient (Wildman–Crippen LogP) is 5.68. The van der Waals surface area contributed by atoms with Crippen molar-refractivity contribution in [3.63, 3.8) is 0 Å². The van der Waals surface area contributed by atoms with Crippen LogP contribution >= 0.6 is 0 Å². The van der Waals surface area contributed by atoms with E-state index in [-0.39, 0.29) is 5.91 Å². The summed E-state index contributed by atoms with van der Waals surface area (Å²) in [6, 6.07) is 15.9. The number of ether oxygens (including phenoxy) is 2. The van der Waals surface area contributed by atoms with Crippen LogP contribution in [0.3, 0.4) is 0 Å². The molecule has 0 N–H and O–H groups in total. The molecule has 0 saturated carbocycles. The summed E-state index contributed by atoms with van der Waals surface area (Å²) in [7, 11) is 1.82. The fourth-order valence-electron chi connectivity index (χ4n) is 4.91. The highest BCUT2D eigenvalue weighted by molar-refractivity contribution is 5.88. The lowest BCUT2D eigenvalue weighted by Gasteiger charge is -2.39. The van der Waals surface area contributed by atoms with Crippen LogP contribution in [0, 0.1) is 0 Å². The molecular formula is C31H45N3O4. The zero-order valence-electron chi connectivity index (χ0n) is 24.4. The van der Waals surface area contributed by atoms with E-state index in [9.17, 15) is 9.59 Å². The fraction of sp³-hybridized carbons (Fsp3) is 0.548. The van der Waals surface area contributed by atoms with Crippen LogP contribution < -0.4 is 4.74 Å². The van der Waals surface area contributed by atoms with Crippen molar-refractivity contribution < 1.29 is 19.1 Å². The summed E-state index contributed by atoms with van der Waals surface area (Å²) in [4.78, 5) is 32.8. The molecule has 2 aromatic rings. The van der Waals surface area contributed by atoms with Crippen LogP contribution in [0.1, 0.15) is 71.2 Å². The topological polar surface area (TPSA) is 62.3 Å². The summed E-state index contributed by atoms with van der Waals surface area (Å²) in [6.45, 7) is 16.4. The monoisotopic (exact) mass is 523 g/mol. The van der Waals surface area contributed by atoms with Gasteiger partial charge in [-0.2, -0.15) is 0 Å². The Labute approximate surface area is 228 Å². The SMILES string of the molecule is CC(C)N(CCN(C)C(=O)C1c2ccc(OCc3ccccc3)cc2CCN1C(=O)OC(C)(C)C)C(C)C. The maximum absolute atomic E-state index is 13.9. The number of hydrogen-bond acceptors (Lipinski definition) is 5. The molecule has 1 aliphatic heterocycles.